The Morgan fingerprint density at radius 3 is 2.09 bits per heavy atom. The molecule has 9 nitrogen and oxygen atoms in total. The zero-order chi connectivity index (χ0) is 24.6. The summed E-state index contributed by atoms with van der Waals surface area (Å²) in [5, 5.41) is 4.41. The smallest absolute Gasteiger partial charge is 0.308 e. The Hall–Kier alpha value is -3.92. The first-order valence-corrected chi connectivity index (χ1v) is 11.1. The second-order valence-corrected chi connectivity index (χ2v) is 8.55. The highest BCUT2D eigenvalue weighted by Crippen LogP contribution is 2.40. The van der Waals surface area contributed by atoms with Crippen LogP contribution in [0, 0.1) is 13.8 Å². The van der Waals surface area contributed by atoms with Gasteiger partial charge in [0.25, 0.3) is 5.56 Å². The van der Waals surface area contributed by atoms with Gasteiger partial charge in [-0.25, -0.2) is 0 Å². The van der Waals surface area contributed by atoms with E-state index >= 15 is 0 Å². The molecule has 0 radical (unpaired) electrons. The molecule has 4 rings (SSSR count). The molecule has 0 amide bonds. The van der Waals surface area contributed by atoms with Crippen molar-refractivity contribution < 1.29 is 23.7 Å². The zero-order valence-corrected chi connectivity index (χ0v) is 20.4. The van der Waals surface area contributed by atoms with Crippen molar-refractivity contribution in [2.24, 2.45) is 0 Å². The van der Waals surface area contributed by atoms with Crippen LogP contribution in [0.2, 0.25) is 0 Å². The number of carbonyl (C=O) groups is 1. The minimum atomic E-state index is -0.377. The van der Waals surface area contributed by atoms with E-state index in [1.54, 1.807) is 18.2 Å². The maximum absolute atomic E-state index is 13.0. The van der Waals surface area contributed by atoms with Gasteiger partial charge >= 0.3 is 5.97 Å². The molecule has 0 fully saturated rings. The fraction of sp³-hybridized carbons (Fsp3) is 0.250. The van der Waals surface area contributed by atoms with Gasteiger partial charge in [-0.2, -0.15) is 9.50 Å². The fourth-order valence-electron chi connectivity index (χ4n) is 3.69. The fourth-order valence-corrected chi connectivity index (χ4v) is 4.60. The number of aryl methyl sites for hydroxylation is 2. The first kappa shape index (κ1) is 23.2. The highest BCUT2D eigenvalue weighted by molar-refractivity contribution is 7.15. The van der Waals surface area contributed by atoms with Gasteiger partial charge in [0.15, 0.2) is 17.3 Å². The third kappa shape index (κ3) is 4.19. The van der Waals surface area contributed by atoms with Gasteiger partial charge in [-0.3, -0.25) is 9.59 Å². The Labute approximate surface area is 199 Å². The summed E-state index contributed by atoms with van der Waals surface area (Å²) in [6.45, 7) is 5.07. The molecule has 0 atom stereocenters. The Kier molecular flexibility index (Phi) is 6.25. The Balaban J connectivity index is 1.76. The number of benzene rings is 2. The van der Waals surface area contributed by atoms with Crippen LogP contribution in [0.4, 0.5) is 0 Å². The van der Waals surface area contributed by atoms with Crippen LogP contribution in [-0.2, 0) is 4.79 Å². The van der Waals surface area contributed by atoms with Crippen LogP contribution in [0.5, 0.6) is 23.0 Å². The van der Waals surface area contributed by atoms with E-state index in [-0.39, 0.29) is 11.5 Å². The minimum Gasteiger partial charge on any atom is -0.493 e. The molecule has 0 saturated heterocycles. The lowest BCUT2D eigenvalue weighted by atomic mass is 10.1. The van der Waals surface area contributed by atoms with E-state index in [2.05, 4.69) is 10.1 Å². The summed E-state index contributed by atoms with van der Waals surface area (Å²) in [7, 11) is 4.58. The highest BCUT2D eigenvalue weighted by atomic mass is 32.1. The largest absolute Gasteiger partial charge is 0.493 e. The Morgan fingerprint density at radius 2 is 1.59 bits per heavy atom. The van der Waals surface area contributed by atoms with Crippen molar-refractivity contribution in [3.63, 3.8) is 0 Å². The second kappa shape index (κ2) is 9.14. The SMILES string of the molecule is COc1cc(-c2nc3sc(=Cc4cc(C)c(OC(C)=O)c(C)c4)c(=O)n3n2)cc(OC)c1OC. The van der Waals surface area contributed by atoms with Gasteiger partial charge in [-0.1, -0.05) is 11.3 Å². The van der Waals surface area contributed by atoms with Crippen LogP contribution < -0.4 is 29.0 Å². The molecule has 0 N–H and O–H groups in total. The summed E-state index contributed by atoms with van der Waals surface area (Å²) in [4.78, 5) is 29.3. The molecule has 0 aliphatic carbocycles. The van der Waals surface area contributed by atoms with Crippen molar-refractivity contribution in [1.82, 2.24) is 14.6 Å². The van der Waals surface area contributed by atoms with E-state index in [0.717, 1.165) is 16.7 Å². The van der Waals surface area contributed by atoms with Crippen LogP contribution in [0.15, 0.2) is 29.1 Å². The van der Waals surface area contributed by atoms with E-state index < -0.39 is 0 Å². The van der Waals surface area contributed by atoms with Gasteiger partial charge < -0.3 is 18.9 Å². The number of rotatable bonds is 6. The number of hydrogen-bond donors (Lipinski definition) is 0. The van der Waals surface area contributed by atoms with E-state index in [0.29, 0.717) is 43.9 Å². The maximum atomic E-state index is 13.0. The molecule has 2 heterocycles. The van der Waals surface area contributed by atoms with Crippen molar-refractivity contribution in [3.05, 3.63) is 55.8 Å². The van der Waals surface area contributed by atoms with Gasteiger partial charge in [-0.15, -0.1) is 5.10 Å². The number of ether oxygens (including phenoxy) is 4. The standard InChI is InChI=1S/C24H23N3O6S/c1-12-7-15(8-13(2)20(12)33-14(3)28)9-19-23(29)27-24(34-19)25-22(26-27)16-10-17(30-4)21(32-6)18(11-16)31-5/h7-11H,1-6H3. The lowest BCUT2D eigenvalue weighted by molar-refractivity contribution is -0.131. The first-order chi connectivity index (χ1) is 16.2. The zero-order valence-electron chi connectivity index (χ0n) is 19.6. The van der Waals surface area contributed by atoms with Crippen molar-refractivity contribution in [3.8, 4) is 34.4 Å². The van der Waals surface area contributed by atoms with Crippen LogP contribution in [0.1, 0.15) is 23.6 Å². The van der Waals surface area contributed by atoms with Crippen LogP contribution >= 0.6 is 11.3 Å². The van der Waals surface area contributed by atoms with Crippen LogP contribution in [0.3, 0.4) is 0 Å². The minimum absolute atomic E-state index is 0.273. The third-order valence-corrected chi connectivity index (χ3v) is 6.09. The van der Waals surface area contributed by atoms with Crippen molar-refractivity contribution >= 4 is 28.3 Å². The summed E-state index contributed by atoms with van der Waals surface area (Å²) in [6, 6.07) is 7.19. The molecule has 2 aromatic heterocycles. The molecule has 0 spiro atoms. The number of nitrogens with zero attached hydrogens (tertiary/aromatic N) is 3. The van der Waals surface area contributed by atoms with Crippen molar-refractivity contribution in [2.45, 2.75) is 20.8 Å². The number of fused-ring (bicyclic) bond motifs is 1. The summed E-state index contributed by atoms with van der Waals surface area (Å²) >= 11 is 1.24. The molecule has 2 aromatic carbocycles. The normalized spacial score (nSPS) is 11.6. The van der Waals surface area contributed by atoms with Gasteiger partial charge in [0.2, 0.25) is 10.7 Å². The van der Waals surface area contributed by atoms with Gasteiger partial charge in [-0.05, 0) is 60.9 Å². The number of hydrogen-bond acceptors (Lipinski definition) is 9. The van der Waals surface area contributed by atoms with Gasteiger partial charge in [0.1, 0.15) is 5.75 Å². The average molecular weight is 482 g/mol. The molecule has 0 bridgehead atoms. The van der Waals surface area contributed by atoms with E-state index in [1.165, 1.54) is 44.1 Å². The van der Waals surface area contributed by atoms with Gasteiger partial charge in [0.05, 0.1) is 25.9 Å². The summed E-state index contributed by atoms with van der Waals surface area (Å²) in [5.41, 5.74) is 2.78. The highest BCUT2D eigenvalue weighted by Gasteiger charge is 2.18. The molecule has 34 heavy (non-hydrogen) atoms. The predicted octanol–water partition coefficient (Wildman–Crippen LogP) is 2.93. The quantitative estimate of drug-likeness (QED) is 0.306. The monoisotopic (exact) mass is 481 g/mol. The molecule has 176 valence electrons. The maximum Gasteiger partial charge on any atom is 0.308 e. The first-order valence-electron chi connectivity index (χ1n) is 10.3. The average Bonchev–Trinajstić information content (AvgIpc) is 3.34. The molecule has 0 aliphatic heterocycles. The Morgan fingerprint density at radius 1 is 0.971 bits per heavy atom. The summed E-state index contributed by atoms with van der Waals surface area (Å²) in [6.07, 6.45) is 1.78. The molecule has 10 heteroatoms. The molecule has 4 aromatic rings. The van der Waals surface area contributed by atoms with Crippen LogP contribution in [-0.4, -0.2) is 41.9 Å². The lowest BCUT2D eigenvalue weighted by Gasteiger charge is -2.12. The number of thiazole rings is 1. The second-order valence-electron chi connectivity index (χ2n) is 7.54. The van der Waals surface area contributed by atoms with Gasteiger partial charge in [0, 0.05) is 12.5 Å². The summed E-state index contributed by atoms with van der Waals surface area (Å²) in [5.74, 6) is 1.92. The molecule has 0 unspecified atom stereocenters. The predicted molar refractivity (Wildman–Crippen MR) is 128 cm³/mol. The lowest BCUT2D eigenvalue weighted by Crippen LogP contribution is -2.23. The molecular weight excluding hydrogens is 458 g/mol. The molecule has 0 aliphatic rings. The van der Waals surface area contributed by atoms with E-state index in [9.17, 15) is 9.59 Å². The number of esters is 1. The van der Waals surface area contributed by atoms with Crippen LogP contribution in [0.25, 0.3) is 22.4 Å². The number of carbonyl (C=O) groups excluding carboxylic acids is 1. The summed E-state index contributed by atoms with van der Waals surface area (Å²) < 4.78 is 23.2. The number of aromatic nitrogens is 3. The van der Waals surface area contributed by atoms with E-state index in [1.807, 2.05) is 26.0 Å². The molecule has 0 saturated carbocycles. The topological polar surface area (TPSA) is 101 Å². The number of methoxy groups -OCH3 is 3. The third-order valence-electron chi connectivity index (χ3n) is 5.13. The molecular formula is C24H23N3O6S. The Bertz CT molecular complexity index is 1470. The van der Waals surface area contributed by atoms with E-state index in [4.69, 9.17) is 18.9 Å². The van der Waals surface area contributed by atoms with Crippen molar-refractivity contribution in [1.29, 1.82) is 0 Å². The van der Waals surface area contributed by atoms with Crippen molar-refractivity contribution in [2.75, 3.05) is 21.3 Å².